The molecule has 1 N–H and O–H groups in total. The van der Waals surface area contributed by atoms with Crippen LogP contribution in [-0.2, 0) is 14.8 Å². The van der Waals surface area contributed by atoms with Crippen LogP contribution in [0.4, 0.5) is 11.5 Å². The molecule has 0 radical (unpaired) electrons. The zero-order chi connectivity index (χ0) is 16.3. The van der Waals surface area contributed by atoms with Crippen molar-refractivity contribution in [1.29, 1.82) is 0 Å². The third-order valence-corrected chi connectivity index (χ3v) is 5.12. The molecule has 0 aliphatic carbocycles. The zero-order valence-electron chi connectivity index (χ0n) is 11.9. The molecule has 0 spiro atoms. The number of amides is 1. The van der Waals surface area contributed by atoms with Gasteiger partial charge in [-0.05, 0) is 0 Å². The summed E-state index contributed by atoms with van der Waals surface area (Å²) in [5, 5.41) is 2.91. The molecule has 0 atom stereocenters. The lowest BCUT2D eigenvalue weighted by Gasteiger charge is -2.34. The van der Waals surface area contributed by atoms with Crippen LogP contribution in [-0.4, -0.2) is 61.9 Å². The number of nitrogens with zero attached hydrogens (tertiary/aromatic N) is 3. The van der Waals surface area contributed by atoms with Crippen LogP contribution < -0.4 is 10.2 Å². The van der Waals surface area contributed by atoms with Gasteiger partial charge in [-0.3, -0.25) is 4.79 Å². The monoisotopic (exact) mass is 366 g/mol. The Hall–Kier alpha value is -1.09. The maximum atomic E-state index is 11.5. The maximum Gasteiger partial charge on any atom is 0.239 e. The number of hydrogen-bond donors (Lipinski definition) is 1. The van der Waals surface area contributed by atoms with Crippen molar-refractivity contribution < 1.29 is 13.2 Å². The number of hydrogen-bond acceptors (Lipinski definition) is 5. The van der Waals surface area contributed by atoms with E-state index in [-0.39, 0.29) is 11.8 Å². The lowest BCUT2D eigenvalue weighted by Crippen LogP contribution is -2.48. The van der Waals surface area contributed by atoms with E-state index in [4.69, 9.17) is 23.2 Å². The van der Waals surface area contributed by atoms with Gasteiger partial charge >= 0.3 is 0 Å². The summed E-state index contributed by atoms with van der Waals surface area (Å²) in [6, 6.07) is 1.66. The maximum absolute atomic E-state index is 11.5. The van der Waals surface area contributed by atoms with E-state index in [1.807, 2.05) is 4.90 Å². The van der Waals surface area contributed by atoms with E-state index in [2.05, 4.69) is 10.3 Å². The first kappa shape index (κ1) is 17.3. The predicted octanol–water partition coefficient (Wildman–Crippen LogP) is 0.994. The minimum absolute atomic E-state index is 0.166. The molecule has 1 aromatic heterocycles. The van der Waals surface area contributed by atoms with Gasteiger partial charge in [0, 0.05) is 32.2 Å². The standard InChI is InChI=1S/C12H16Cl2N4O3S/c1-22(20,21)18-4-2-17(3-5-18)11-6-10(9(14)8-15-11)16-12(19)7-13/h6,8H,2-5,7H2,1H3,(H,15,16,19). The largest absolute Gasteiger partial charge is 0.354 e. The molecule has 7 nitrogen and oxygen atoms in total. The van der Waals surface area contributed by atoms with Gasteiger partial charge in [0.15, 0.2) is 0 Å². The minimum Gasteiger partial charge on any atom is -0.354 e. The number of carbonyl (C=O) groups is 1. The van der Waals surface area contributed by atoms with Gasteiger partial charge in [-0.25, -0.2) is 13.4 Å². The van der Waals surface area contributed by atoms with Crippen molar-refractivity contribution in [3.63, 3.8) is 0 Å². The van der Waals surface area contributed by atoms with E-state index in [0.29, 0.717) is 42.7 Å². The van der Waals surface area contributed by atoms with Crippen LogP contribution in [0.3, 0.4) is 0 Å². The third kappa shape index (κ3) is 4.22. The lowest BCUT2D eigenvalue weighted by molar-refractivity contribution is -0.113. The molecule has 0 aromatic carbocycles. The molecule has 2 rings (SSSR count). The van der Waals surface area contributed by atoms with Crippen LogP contribution in [0, 0.1) is 0 Å². The fourth-order valence-electron chi connectivity index (χ4n) is 2.13. The number of aromatic nitrogens is 1. The lowest BCUT2D eigenvalue weighted by atomic mass is 10.3. The smallest absolute Gasteiger partial charge is 0.239 e. The molecule has 1 aromatic rings. The third-order valence-electron chi connectivity index (χ3n) is 3.27. The van der Waals surface area contributed by atoms with E-state index >= 15 is 0 Å². The van der Waals surface area contributed by atoms with Gasteiger partial charge in [0.2, 0.25) is 15.9 Å². The van der Waals surface area contributed by atoms with Gasteiger partial charge in [-0.1, -0.05) is 11.6 Å². The van der Waals surface area contributed by atoms with E-state index in [1.165, 1.54) is 16.8 Å². The van der Waals surface area contributed by atoms with Crippen LogP contribution in [0.15, 0.2) is 12.3 Å². The van der Waals surface area contributed by atoms with Crippen LogP contribution in [0.2, 0.25) is 5.02 Å². The average Bonchev–Trinajstić information content (AvgIpc) is 2.48. The minimum atomic E-state index is -3.17. The first-order valence-corrected chi connectivity index (χ1v) is 9.29. The Kier molecular flexibility index (Phi) is 5.49. The Morgan fingerprint density at radius 3 is 2.55 bits per heavy atom. The van der Waals surface area contributed by atoms with Gasteiger partial charge in [0.25, 0.3) is 0 Å². The van der Waals surface area contributed by atoms with Crippen LogP contribution in [0.25, 0.3) is 0 Å². The molecule has 1 aliphatic heterocycles. The van der Waals surface area contributed by atoms with Gasteiger partial charge in [0.1, 0.15) is 11.7 Å². The molecule has 1 amide bonds. The number of rotatable bonds is 4. The van der Waals surface area contributed by atoms with Crippen molar-refractivity contribution in [2.45, 2.75) is 0 Å². The van der Waals surface area contributed by atoms with Crippen LogP contribution >= 0.6 is 23.2 Å². The number of pyridine rings is 1. The van der Waals surface area contributed by atoms with Crippen molar-refractivity contribution in [3.8, 4) is 0 Å². The summed E-state index contributed by atoms with van der Waals surface area (Å²) >= 11 is 11.5. The van der Waals surface area contributed by atoms with Crippen molar-refractivity contribution in [2.75, 3.05) is 48.5 Å². The summed E-state index contributed by atoms with van der Waals surface area (Å²) in [6.07, 6.45) is 2.65. The summed E-state index contributed by atoms with van der Waals surface area (Å²) in [6.45, 7) is 1.83. The van der Waals surface area contributed by atoms with Crippen molar-refractivity contribution in [3.05, 3.63) is 17.3 Å². The quantitative estimate of drug-likeness (QED) is 0.803. The second-order valence-corrected chi connectivity index (χ2v) is 7.51. The summed E-state index contributed by atoms with van der Waals surface area (Å²) in [4.78, 5) is 17.5. The number of alkyl halides is 1. The molecule has 22 heavy (non-hydrogen) atoms. The fraction of sp³-hybridized carbons (Fsp3) is 0.500. The van der Waals surface area contributed by atoms with Crippen molar-refractivity contribution >= 4 is 50.6 Å². The molecule has 10 heteroatoms. The van der Waals surface area contributed by atoms with Gasteiger partial charge in [0.05, 0.1) is 23.2 Å². The summed E-state index contributed by atoms with van der Waals surface area (Å²) in [5.74, 6) is 0.103. The molecule has 1 fully saturated rings. The Bertz CT molecular complexity index is 660. The van der Waals surface area contributed by atoms with E-state index in [1.54, 1.807) is 6.07 Å². The van der Waals surface area contributed by atoms with Crippen LogP contribution in [0.1, 0.15) is 0 Å². The number of sulfonamides is 1. The number of carbonyl (C=O) groups excluding carboxylic acids is 1. The Balaban J connectivity index is 2.11. The first-order valence-electron chi connectivity index (χ1n) is 6.52. The fourth-order valence-corrected chi connectivity index (χ4v) is 3.17. The van der Waals surface area contributed by atoms with Crippen molar-refractivity contribution in [1.82, 2.24) is 9.29 Å². The SMILES string of the molecule is CS(=O)(=O)N1CCN(c2cc(NC(=O)CCl)c(Cl)cn2)CC1. The topological polar surface area (TPSA) is 82.6 Å². The average molecular weight is 367 g/mol. The second kappa shape index (κ2) is 6.99. The highest BCUT2D eigenvalue weighted by molar-refractivity contribution is 7.88. The number of anilines is 2. The Morgan fingerprint density at radius 1 is 1.36 bits per heavy atom. The highest BCUT2D eigenvalue weighted by Gasteiger charge is 2.24. The molecular weight excluding hydrogens is 351 g/mol. The van der Waals surface area contributed by atoms with Crippen molar-refractivity contribution in [2.24, 2.45) is 0 Å². The predicted molar refractivity (Wildman–Crippen MR) is 87.2 cm³/mol. The van der Waals surface area contributed by atoms with E-state index < -0.39 is 10.0 Å². The molecule has 122 valence electrons. The molecule has 0 bridgehead atoms. The molecule has 0 saturated carbocycles. The number of nitrogens with one attached hydrogen (secondary N) is 1. The number of piperazine rings is 1. The van der Waals surface area contributed by atoms with Gasteiger partial charge in [-0.2, -0.15) is 4.31 Å². The normalized spacial score (nSPS) is 16.6. The van der Waals surface area contributed by atoms with Gasteiger partial charge < -0.3 is 10.2 Å². The Morgan fingerprint density at radius 2 is 2.00 bits per heavy atom. The summed E-state index contributed by atoms with van der Waals surface area (Å²) in [5.41, 5.74) is 0.433. The first-order chi connectivity index (χ1) is 10.3. The highest BCUT2D eigenvalue weighted by Crippen LogP contribution is 2.26. The summed E-state index contributed by atoms with van der Waals surface area (Å²) in [7, 11) is -3.17. The second-order valence-electron chi connectivity index (χ2n) is 4.85. The summed E-state index contributed by atoms with van der Waals surface area (Å²) < 4.78 is 24.4. The molecule has 2 heterocycles. The van der Waals surface area contributed by atoms with E-state index in [0.717, 1.165) is 0 Å². The van der Waals surface area contributed by atoms with Gasteiger partial charge in [-0.15, -0.1) is 11.6 Å². The molecule has 1 saturated heterocycles. The molecular formula is C12H16Cl2N4O3S. The Labute approximate surface area is 139 Å². The molecule has 0 unspecified atom stereocenters. The van der Waals surface area contributed by atoms with Crippen LogP contribution in [0.5, 0.6) is 0 Å². The highest BCUT2D eigenvalue weighted by atomic mass is 35.5. The molecule has 1 aliphatic rings. The zero-order valence-corrected chi connectivity index (χ0v) is 14.2. The number of halogens is 2. The van der Waals surface area contributed by atoms with E-state index in [9.17, 15) is 13.2 Å².